The summed E-state index contributed by atoms with van der Waals surface area (Å²) < 4.78 is 0. The zero-order chi connectivity index (χ0) is 10.4. The van der Waals surface area contributed by atoms with Gasteiger partial charge in [-0.2, -0.15) is 0 Å². The molecule has 0 heterocycles. The third-order valence-corrected chi connectivity index (χ3v) is 1.66. The van der Waals surface area contributed by atoms with Crippen LogP contribution in [0.4, 0.5) is 0 Å². The van der Waals surface area contributed by atoms with Crippen LogP contribution < -0.4 is 5.32 Å². The van der Waals surface area contributed by atoms with Crippen LogP contribution in [0.2, 0.25) is 0 Å². The molecule has 0 aliphatic carbocycles. The van der Waals surface area contributed by atoms with Gasteiger partial charge in [-0.25, -0.2) is 0 Å². The summed E-state index contributed by atoms with van der Waals surface area (Å²) in [6, 6.07) is 0. The number of likely N-dealkylation sites (N-methyl/N-ethyl adjacent to an activating group) is 1. The van der Waals surface area contributed by atoms with Crippen LogP contribution in [0.1, 0.15) is 6.42 Å². The van der Waals surface area contributed by atoms with Gasteiger partial charge in [0.25, 0.3) is 5.91 Å². The maximum Gasteiger partial charge on any atom is 0.251 e. The Bertz CT molecular complexity index is 163. The maximum absolute atomic E-state index is 10.8. The molecule has 0 spiro atoms. The molecule has 0 aromatic carbocycles. The van der Waals surface area contributed by atoms with E-state index >= 15 is 0 Å². The minimum atomic E-state index is -1.67. The third kappa shape index (κ3) is 3.69. The second-order valence-electron chi connectivity index (χ2n) is 2.63. The molecule has 0 aliphatic rings. The van der Waals surface area contributed by atoms with Gasteiger partial charge in [0.1, 0.15) is 6.10 Å². The number of hydrogen-bond donors (Lipinski definition) is 5. The number of amides is 1. The Morgan fingerprint density at radius 3 is 2.31 bits per heavy atom. The second kappa shape index (κ2) is 5.87. The molecule has 0 radical (unpaired) electrons. The van der Waals surface area contributed by atoms with Crippen LogP contribution in [0.5, 0.6) is 0 Å². The summed E-state index contributed by atoms with van der Waals surface area (Å²) in [5.41, 5.74) is 0. The average molecular weight is 193 g/mol. The summed E-state index contributed by atoms with van der Waals surface area (Å²) in [6.07, 6.45) is -4.65. The van der Waals surface area contributed by atoms with Crippen LogP contribution in [0, 0.1) is 0 Å². The van der Waals surface area contributed by atoms with Crippen LogP contribution in [-0.4, -0.2) is 58.3 Å². The molecule has 5 N–H and O–H groups in total. The molecule has 0 saturated carbocycles. The summed E-state index contributed by atoms with van der Waals surface area (Å²) in [5.74, 6) is -0.774. The molecule has 6 nitrogen and oxygen atoms in total. The molecule has 3 unspecified atom stereocenters. The monoisotopic (exact) mass is 193 g/mol. The first-order chi connectivity index (χ1) is 6.04. The lowest BCUT2D eigenvalue weighted by molar-refractivity contribution is -0.140. The number of nitrogens with one attached hydrogen (secondary N) is 1. The Labute approximate surface area is 75.8 Å². The summed E-state index contributed by atoms with van der Waals surface area (Å²) in [6.45, 7) is -0.321. The Morgan fingerprint density at radius 1 is 1.38 bits per heavy atom. The molecule has 1 amide bonds. The van der Waals surface area contributed by atoms with Crippen molar-refractivity contribution in [2.45, 2.75) is 24.7 Å². The first-order valence-electron chi connectivity index (χ1n) is 3.91. The SMILES string of the molecule is CNC(=O)C(O)C(O)C(O)CCO. The van der Waals surface area contributed by atoms with Crippen LogP contribution >= 0.6 is 0 Å². The van der Waals surface area contributed by atoms with Gasteiger partial charge in [0, 0.05) is 13.7 Å². The van der Waals surface area contributed by atoms with E-state index < -0.39 is 24.2 Å². The van der Waals surface area contributed by atoms with E-state index in [1.54, 1.807) is 0 Å². The fourth-order valence-corrected chi connectivity index (χ4v) is 0.816. The Balaban J connectivity index is 4.07. The predicted octanol–water partition coefficient (Wildman–Crippen LogP) is -2.80. The van der Waals surface area contributed by atoms with Crippen molar-refractivity contribution in [2.75, 3.05) is 13.7 Å². The molecule has 0 rings (SSSR count). The minimum Gasteiger partial charge on any atom is -0.396 e. The van der Waals surface area contributed by atoms with Crippen LogP contribution in [-0.2, 0) is 4.79 Å². The lowest BCUT2D eigenvalue weighted by Gasteiger charge is -2.20. The maximum atomic E-state index is 10.8. The predicted molar refractivity (Wildman–Crippen MR) is 43.8 cm³/mol. The summed E-state index contributed by atoms with van der Waals surface area (Å²) in [7, 11) is 1.30. The summed E-state index contributed by atoms with van der Waals surface area (Å²) in [5, 5.41) is 37.8. The van der Waals surface area contributed by atoms with Crippen molar-refractivity contribution in [3.8, 4) is 0 Å². The van der Waals surface area contributed by atoms with Gasteiger partial charge < -0.3 is 25.7 Å². The topological polar surface area (TPSA) is 110 Å². The lowest BCUT2D eigenvalue weighted by atomic mass is 10.1. The van der Waals surface area contributed by atoms with E-state index in [4.69, 9.17) is 20.4 Å². The molecule has 78 valence electrons. The standard InChI is InChI=1S/C7H15NO5/c1-8-7(13)6(12)5(11)4(10)2-3-9/h4-6,9-12H,2-3H2,1H3,(H,8,13). The highest BCUT2D eigenvalue weighted by Gasteiger charge is 2.28. The molecule has 0 aromatic heterocycles. The van der Waals surface area contributed by atoms with Gasteiger partial charge >= 0.3 is 0 Å². The fraction of sp³-hybridized carbons (Fsp3) is 0.857. The average Bonchev–Trinajstić information content (AvgIpc) is 2.14. The van der Waals surface area contributed by atoms with Gasteiger partial charge in [0.15, 0.2) is 6.10 Å². The second-order valence-corrected chi connectivity index (χ2v) is 2.63. The zero-order valence-corrected chi connectivity index (χ0v) is 7.34. The van der Waals surface area contributed by atoms with Crippen molar-refractivity contribution >= 4 is 5.91 Å². The van der Waals surface area contributed by atoms with Gasteiger partial charge in [0.05, 0.1) is 6.10 Å². The highest BCUT2D eigenvalue weighted by Crippen LogP contribution is 2.03. The summed E-state index contributed by atoms with van der Waals surface area (Å²) in [4.78, 5) is 10.8. The number of hydrogen-bond acceptors (Lipinski definition) is 5. The quantitative estimate of drug-likeness (QED) is 0.324. The Hall–Kier alpha value is -0.690. The van der Waals surface area contributed by atoms with E-state index in [1.165, 1.54) is 7.05 Å². The molecular formula is C7H15NO5. The molecule has 0 bridgehead atoms. The van der Waals surface area contributed by atoms with Crippen molar-refractivity contribution < 1.29 is 25.2 Å². The van der Waals surface area contributed by atoms with Crippen molar-refractivity contribution in [3.05, 3.63) is 0 Å². The third-order valence-electron chi connectivity index (χ3n) is 1.66. The smallest absolute Gasteiger partial charge is 0.251 e. The number of rotatable bonds is 5. The molecule has 6 heteroatoms. The van der Waals surface area contributed by atoms with Crippen molar-refractivity contribution in [1.29, 1.82) is 0 Å². The molecule has 3 atom stereocenters. The molecule has 0 fully saturated rings. The van der Waals surface area contributed by atoms with Crippen molar-refractivity contribution in [3.63, 3.8) is 0 Å². The molecule has 13 heavy (non-hydrogen) atoms. The van der Waals surface area contributed by atoms with Gasteiger partial charge in [-0.05, 0) is 6.42 Å². The Kier molecular flexibility index (Phi) is 5.56. The van der Waals surface area contributed by atoms with Gasteiger partial charge in [0.2, 0.25) is 0 Å². The molecular weight excluding hydrogens is 178 g/mol. The van der Waals surface area contributed by atoms with Gasteiger partial charge in [-0.1, -0.05) is 0 Å². The molecule has 0 saturated heterocycles. The minimum absolute atomic E-state index is 0.0881. The lowest BCUT2D eigenvalue weighted by Crippen LogP contribution is -2.46. The van der Waals surface area contributed by atoms with Gasteiger partial charge in [-0.15, -0.1) is 0 Å². The van der Waals surface area contributed by atoms with Crippen LogP contribution in [0.15, 0.2) is 0 Å². The largest absolute Gasteiger partial charge is 0.396 e. The molecule has 0 aliphatic heterocycles. The van der Waals surface area contributed by atoms with E-state index in [2.05, 4.69) is 5.32 Å². The summed E-state index contributed by atoms with van der Waals surface area (Å²) >= 11 is 0. The number of carbonyl (C=O) groups excluding carboxylic acids is 1. The normalized spacial score (nSPS) is 17.6. The van der Waals surface area contributed by atoms with Gasteiger partial charge in [-0.3, -0.25) is 4.79 Å². The van der Waals surface area contributed by atoms with Crippen molar-refractivity contribution in [2.24, 2.45) is 0 Å². The van der Waals surface area contributed by atoms with E-state index in [0.717, 1.165) is 0 Å². The highest BCUT2D eigenvalue weighted by molar-refractivity contribution is 5.80. The van der Waals surface area contributed by atoms with E-state index in [-0.39, 0.29) is 13.0 Å². The van der Waals surface area contributed by atoms with Crippen molar-refractivity contribution in [1.82, 2.24) is 5.32 Å². The zero-order valence-electron chi connectivity index (χ0n) is 7.34. The number of aliphatic hydroxyl groups excluding tert-OH is 4. The fourth-order valence-electron chi connectivity index (χ4n) is 0.816. The first-order valence-corrected chi connectivity index (χ1v) is 3.91. The van der Waals surface area contributed by atoms with Crippen LogP contribution in [0.3, 0.4) is 0 Å². The highest BCUT2D eigenvalue weighted by atomic mass is 16.4. The first kappa shape index (κ1) is 12.3. The van der Waals surface area contributed by atoms with E-state index in [0.29, 0.717) is 0 Å². The number of carbonyl (C=O) groups is 1. The van der Waals surface area contributed by atoms with E-state index in [1.807, 2.05) is 0 Å². The van der Waals surface area contributed by atoms with E-state index in [9.17, 15) is 4.79 Å². The number of aliphatic hydroxyl groups is 4. The van der Waals surface area contributed by atoms with Crippen LogP contribution in [0.25, 0.3) is 0 Å². The Morgan fingerprint density at radius 2 is 1.92 bits per heavy atom. The molecule has 0 aromatic rings.